The molecule has 2 aromatic rings. The number of benzene rings is 1. The number of aromatic amines is 1. The lowest BCUT2D eigenvalue weighted by molar-refractivity contribution is 0.881. The quantitative estimate of drug-likeness (QED) is 0.609. The smallest absolute Gasteiger partial charge is 0.263 e. The number of nitrogens with one attached hydrogen (secondary N) is 2. The van der Waals surface area contributed by atoms with Gasteiger partial charge in [-0.15, -0.1) is 5.10 Å². The first kappa shape index (κ1) is 8.49. The van der Waals surface area contributed by atoms with Gasteiger partial charge in [0.25, 0.3) is 5.95 Å². The minimum atomic E-state index is 0.488. The second kappa shape index (κ2) is 3.73. The van der Waals surface area contributed by atoms with E-state index in [1.807, 2.05) is 24.3 Å². The summed E-state index contributed by atoms with van der Waals surface area (Å²) in [6.45, 7) is 0.653. The highest BCUT2D eigenvalue weighted by atomic mass is 15.5. The first-order valence-corrected chi connectivity index (χ1v) is 4.16. The van der Waals surface area contributed by atoms with Gasteiger partial charge in [-0.1, -0.05) is 17.2 Å². The number of tetrazole rings is 1. The Bertz CT molecular complexity index is 379. The van der Waals surface area contributed by atoms with Crippen molar-refractivity contribution < 1.29 is 0 Å². The molecular formula is C8H10N6. The number of rotatable bonds is 3. The Hall–Kier alpha value is -2.11. The van der Waals surface area contributed by atoms with E-state index >= 15 is 0 Å². The van der Waals surface area contributed by atoms with Crippen molar-refractivity contribution in [2.45, 2.75) is 6.54 Å². The van der Waals surface area contributed by atoms with Gasteiger partial charge >= 0.3 is 0 Å². The van der Waals surface area contributed by atoms with Crippen molar-refractivity contribution in [3.63, 3.8) is 0 Å². The van der Waals surface area contributed by atoms with E-state index in [-0.39, 0.29) is 0 Å². The van der Waals surface area contributed by atoms with Gasteiger partial charge in [0.1, 0.15) is 0 Å². The van der Waals surface area contributed by atoms with Crippen LogP contribution < -0.4 is 11.1 Å². The summed E-state index contributed by atoms with van der Waals surface area (Å²) in [5.74, 6) is 0.488. The number of hydrogen-bond acceptors (Lipinski definition) is 5. The van der Waals surface area contributed by atoms with Crippen molar-refractivity contribution in [2.75, 3.05) is 11.1 Å². The number of H-pyrrole nitrogens is 1. The Balaban J connectivity index is 1.95. The van der Waals surface area contributed by atoms with Gasteiger partial charge in [-0.25, -0.2) is 0 Å². The Labute approximate surface area is 80.5 Å². The van der Waals surface area contributed by atoms with Gasteiger partial charge in [-0.3, -0.25) is 0 Å². The number of nitrogens with zero attached hydrogens (tertiary/aromatic N) is 3. The van der Waals surface area contributed by atoms with E-state index in [1.54, 1.807) is 0 Å². The molecule has 2 rings (SSSR count). The molecular weight excluding hydrogens is 180 g/mol. The Kier molecular flexibility index (Phi) is 2.26. The lowest BCUT2D eigenvalue weighted by Gasteiger charge is -2.01. The van der Waals surface area contributed by atoms with Crippen LogP contribution in [0.3, 0.4) is 0 Å². The molecule has 6 heteroatoms. The molecule has 72 valence electrons. The molecule has 4 N–H and O–H groups in total. The third-order valence-corrected chi connectivity index (χ3v) is 1.78. The van der Waals surface area contributed by atoms with Gasteiger partial charge in [0, 0.05) is 12.2 Å². The fraction of sp³-hybridized carbons (Fsp3) is 0.125. The predicted molar refractivity (Wildman–Crippen MR) is 52.4 cm³/mol. The Morgan fingerprint density at radius 1 is 1.29 bits per heavy atom. The zero-order chi connectivity index (χ0) is 9.80. The maximum atomic E-state index is 5.56. The molecule has 0 radical (unpaired) electrons. The number of hydrogen-bond donors (Lipinski definition) is 3. The Morgan fingerprint density at radius 2 is 2.07 bits per heavy atom. The molecule has 14 heavy (non-hydrogen) atoms. The highest BCUT2D eigenvalue weighted by molar-refractivity contribution is 5.40. The summed E-state index contributed by atoms with van der Waals surface area (Å²) in [6, 6.07) is 7.60. The van der Waals surface area contributed by atoms with E-state index in [4.69, 9.17) is 5.73 Å². The molecule has 0 aliphatic rings. The van der Waals surface area contributed by atoms with Gasteiger partial charge in [0.15, 0.2) is 0 Å². The van der Waals surface area contributed by atoms with Gasteiger partial charge in [-0.05, 0) is 22.9 Å². The fourth-order valence-corrected chi connectivity index (χ4v) is 1.05. The van der Waals surface area contributed by atoms with Crippen LogP contribution in [0.1, 0.15) is 5.56 Å². The molecule has 0 atom stereocenters. The monoisotopic (exact) mass is 190 g/mol. The molecule has 0 unspecified atom stereocenters. The molecule has 6 nitrogen and oxygen atoms in total. The van der Waals surface area contributed by atoms with Crippen LogP contribution in [0.15, 0.2) is 24.3 Å². The first-order chi connectivity index (χ1) is 6.84. The SMILES string of the molecule is Nc1ccc(CNc2nn[nH]n2)cc1. The summed E-state index contributed by atoms with van der Waals surface area (Å²) in [7, 11) is 0. The van der Waals surface area contributed by atoms with E-state index in [2.05, 4.69) is 25.9 Å². The normalized spacial score (nSPS) is 10.0. The van der Waals surface area contributed by atoms with E-state index in [0.717, 1.165) is 11.3 Å². The van der Waals surface area contributed by atoms with Gasteiger partial charge < -0.3 is 11.1 Å². The van der Waals surface area contributed by atoms with Crippen molar-refractivity contribution in [3.8, 4) is 0 Å². The molecule has 0 saturated heterocycles. The molecule has 1 aromatic heterocycles. The summed E-state index contributed by atoms with van der Waals surface area (Å²) >= 11 is 0. The highest BCUT2D eigenvalue weighted by Crippen LogP contribution is 2.06. The molecule has 1 heterocycles. The topological polar surface area (TPSA) is 92.5 Å². The third-order valence-electron chi connectivity index (χ3n) is 1.78. The van der Waals surface area contributed by atoms with E-state index in [9.17, 15) is 0 Å². The highest BCUT2D eigenvalue weighted by Gasteiger charge is 1.96. The largest absolute Gasteiger partial charge is 0.399 e. The third kappa shape index (κ3) is 1.98. The lowest BCUT2D eigenvalue weighted by Crippen LogP contribution is -2.01. The molecule has 1 aromatic carbocycles. The summed E-state index contributed by atoms with van der Waals surface area (Å²) in [6.07, 6.45) is 0. The second-order valence-corrected chi connectivity index (χ2v) is 2.83. The van der Waals surface area contributed by atoms with Crippen molar-refractivity contribution in [2.24, 2.45) is 0 Å². The van der Waals surface area contributed by atoms with E-state index < -0.39 is 0 Å². The van der Waals surface area contributed by atoms with Crippen LogP contribution >= 0.6 is 0 Å². The maximum Gasteiger partial charge on any atom is 0.263 e. The molecule has 0 fully saturated rings. The predicted octanol–water partition coefficient (Wildman–Crippen LogP) is 0.394. The van der Waals surface area contributed by atoms with Crippen LogP contribution in [-0.2, 0) is 6.54 Å². The van der Waals surface area contributed by atoms with Crippen LogP contribution in [0.5, 0.6) is 0 Å². The molecule has 0 spiro atoms. The number of aromatic nitrogens is 4. The van der Waals surface area contributed by atoms with Gasteiger partial charge in [0.2, 0.25) is 0 Å². The van der Waals surface area contributed by atoms with Crippen LogP contribution in [-0.4, -0.2) is 20.6 Å². The molecule has 0 aliphatic heterocycles. The van der Waals surface area contributed by atoms with Crippen LogP contribution in [0, 0.1) is 0 Å². The van der Waals surface area contributed by atoms with Crippen LogP contribution in [0.25, 0.3) is 0 Å². The number of nitrogens with two attached hydrogens (primary N) is 1. The van der Waals surface area contributed by atoms with Crippen molar-refractivity contribution in [1.82, 2.24) is 20.6 Å². The zero-order valence-electron chi connectivity index (χ0n) is 7.44. The fourth-order valence-electron chi connectivity index (χ4n) is 1.05. The van der Waals surface area contributed by atoms with Crippen LogP contribution in [0.2, 0.25) is 0 Å². The van der Waals surface area contributed by atoms with Gasteiger partial charge in [0.05, 0.1) is 0 Å². The van der Waals surface area contributed by atoms with Crippen LogP contribution in [0.4, 0.5) is 11.6 Å². The minimum absolute atomic E-state index is 0.488. The molecule has 0 amide bonds. The first-order valence-electron chi connectivity index (χ1n) is 4.16. The summed E-state index contributed by atoms with van der Waals surface area (Å²) < 4.78 is 0. The van der Waals surface area contributed by atoms with Crippen molar-refractivity contribution in [3.05, 3.63) is 29.8 Å². The average Bonchev–Trinajstić information content (AvgIpc) is 2.70. The maximum absolute atomic E-state index is 5.56. The lowest BCUT2D eigenvalue weighted by atomic mass is 10.2. The molecule has 0 bridgehead atoms. The van der Waals surface area contributed by atoms with Gasteiger partial charge in [-0.2, -0.15) is 5.21 Å². The standard InChI is InChI=1S/C8H10N6/c9-7-3-1-6(2-4-7)5-10-8-11-13-14-12-8/h1-4H,5,9H2,(H2,10,11,12,13,14). The molecule has 0 saturated carbocycles. The number of nitrogen functional groups attached to an aromatic ring is 1. The second-order valence-electron chi connectivity index (χ2n) is 2.83. The Morgan fingerprint density at radius 3 is 2.71 bits per heavy atom. The minimum Gasteiger partial charge on any atom is -0.399 e. The average molecular weight is 190 g/mol. The molecule has 0 aliphatic carbocycles. The number of anilines is 2. The van der Waals surface area contributed by atoms with E-state index in [1.165, 1.54) is 0 Å². The summed E-state index contributed by atoms with van der Waals surface area (Å²) in [5, 5.41) is 16.3. The van der Waals surface area contributed by atoms with E-state index in [0.29, 0.717) is 12.5 Å². The summed E-state index contributed by atoms with van der Waals surface area (Å²) in [5.41, 5.74) is 7.43. The van der Waals surface area contributed by atoms with Crippen molar-refractivity contribution in [1.29, 1.82) is 0 Å². The summed E-state index contributed by atoms with van der Waals surface area (Å²) in [4.78, 5) is 0. The van der Waals surface area contributed by atoms with Crippen molar-refractivity contribution >= 4 is 11.6 Å². The zero-order valence-corrected chi connectivity index (χ0v) is 7.44.